The third kappa shape index (κ3) is 7.32. The van der Waals surface area contributed by atoms with Crippen LogP contribution in [0.5, 0.6) is 17.2 Å². The highest BCUT2D eigenvalue weighted by atomic mass is 16.6. The summed E-state index contributed by atoms with van der Waals surface area (Å²) in [6, 6.07) is 15.6. The van der Waals surface area contributed by atoms with Crippen molar-refractivity contribution >= 4 is 23.3 Å². The van der Waals surface area contributed by atoms with Gasteiger partial charge in [-0.25, -0.2) is 4.79 Å². The minimum Gasteiger partial charge on any atom is -0.490 e. The van der Waals surface area contributed by atoms with Crippen molar-refractivity contribution in [3.63, 3.8) is 0 Å². The predicted octanol–water partition coefficient (Wildman–Crippen LogP) is 7.32. The molecule has 0 aliphatic carbocycles. The molecule has 3 aromatic carbocycles. The number of amides is 1. The van der Waals surface area contributed by atoms with Crippen LogP contribution in [0.1, 0.15) is 84.6 Å². The number of aliphatic imine (C=N–C) groups is 1. The van der Waals surface area contributed by atoms with Crippen LogP contribution < -0.4 is 19.5 Å². The molecule has 2 heterocycles. The number of hydrogen-bond acceptors (Lipinski definition) is 7. The van der Waals surface area contributed by atoms with Crippen LogP contribution in [-0.4, -0.2) is 47.5 Å². The predicted molar refractivity (Wildman–Crippen MR) is 177 cm³/mol. The topological polar surface area (TPSA) is 95.5 Å². The van der Waals surface area contributed by atoms with Crippen molar-refractivity contribution < 1.29 is 28.5 Å². The molecule has 0 bridgehead atoms. The molecule has 0 radical (unpaired) electrons. The van der Waals surface area contributed by atoms with E-state index in [2.05, 4.69) is 45.1 Å². The summed E-state index contributed by atoms with van der Waals surface area (Å²) in [5, 5.41) is 2.81. The maximum absolute atomic E-state index is 12.6. The third-order valence-corrected chi connectivity index (χ3v) is 7.52. The second kappa shape index (κ2) is 11.9. The van der Waals surface area contributed by atoms with Crippen LogP contribution in [-0.2, 0) is 27.2 Å². The van der Waals surface area contributed by atoms with E-state index in [1.54, 1.807) is 0 Å². The number of nitrogens with zero attached hydrogens (tertiary/aromatic N) is 1. The molecule has 0 spiro atoms. The van der Waals surface area contributed by atoms with E-state index in [1.165, 1.54) is 12.5 Å². The van der Waals surface area contributed by atoms with Crippen LogP contribution >= 0.6 is 0 Å². The average molecular weight is 613 g/mol. The Balaban J connectivity index is 1.63. The van der Waals surface area contributed by atoms with Gasteiger partial charge in [-0.2, -0.15) is 0 Å². The Morgan fingerprint density at radius 2 is 1.62 bits per heavy atom. The molecule has 0 aromatic heterocycles. The van der Waals surface area contributed by atoms with Crippen LogP contribution in [0.25, 0.3) is 11.1 Å². The molecule has 0 unspecified atom stereocenters. The minimum atomic E-state index is -0.618. The molecule has 1 amide bonds. The Morgan fingerprint density at radius 3 is 2.27 bits per heavy atom. The molecule has 0 saturated carbocycles. The number of rotatable bonds is 8. The van der Waals surface area contributed by atoms with Gasteiger partial charge in [0.1, 0.15) is 17.0 Å². The van der Waals surface area contributed by atoms with E-state index in [4.69, 9.17) is 23.9 Å². The van der Waals surface area contributed by atoms with Gasteiger partial charge in [0.25, 0.3) is 0 Å². The lowest BCUT2D eigenvalue weighted by Gasteiger charge is -2.31. The third-order valence-electron chi connectivity index (χ3n) is 7.52. The molecule has 238 valence electrons. The summed E-state index contributed by atoms with van der Waals surface area (Å²) in [6.45, 7) is 17.7. The van der Waals surface area contributed by atoms with Gasteiger partial charge in [0.2, 0.25) is 5.91 Å². The molecular formula is C37H44N2O6. The summed E-state index contributed by atoms with van der Waals surface area (Å²) in [6.07, 6.45) is 1.51. The number of nitrogens with one attached hydrogen (secondary N) is 1. The number of anilines is 1. The van der Waals surface area contributed by atoms with Gasteiger partial charge in [-0.1, -0.05) is 12.1 Å². The van der Waals surface area contributed by atoms with Crippen LogP contribution in [0.15, 0.2) is 53.5 Å². The monoisotopic (exact) mass is 612 g/mol. The lowest BCUT2D eigenvalue weighted by atomic mass is 9.80. The standard InChI is InChI=1S/C37H44N2O6/c1-10-42-30-18-25-19-36(6,7)39-33(32(25)28-20-37(8,9)45-34(28)30)24-13-16-29(43-21-31(41)44-35(3,4)5)27(17-24)23-11-14-26(15-12-23)38-22(2)40/h11-18H,10,19-21H2,1-9H3,(H,38,40). The normalized spacial score (nSPS) is 16.1. The first-order valence-electron chi connectivity index (χ1n) is 15.5. The molecule has 0 fully saturated rings. The summed E-state index contributed by atoms with van der Waals surface area (Å²) in [5.41, 5.74) is 6.19. The lowest BCUT2D eigenvalue weighted by Crippen LogP contribution is -2.30. The highest BCUT2D eigenvalue weighted by molar-refractivity contribution is 6.16. The van der Waals surface area contributed by atoms with Crippen LogP contribution in [0.2, 0.25) is 0 Å². The molecular weight excluding hydrogens is 568 g/mol. The average Bonchev–Trinajstić information content (AvgIpc) is 3.25. The van der Waals surface area contributed by atoms with Gasteiger partial charge in [-0.3, -0.25) is 9.79 Å². The Labute approximate surface area is 266 Å². The van der Waals surface area contributed by atoms with Gasteiger partial charge in [0, 0.05) is 41.3 Å². The largest absolute Gasteiger partial charge is 0.490 e. The van der Waals surface area contributed by atoms with Crippen molar-refractivity contribution in [2.75, 3.05) is 18.5 Å². The molecule has 0 saturated heterocycles. The minimum absolute atomic E-state index is 0.144. The number of fused-ring (bicyclic) bond motifs is 3. The zero-order chi connectivity index (χ0) is 32.7. The molecule has 0 atom stereocenters. The molecule has 2 aliphatic rings. The van der Waals surface area contributed by atoms with Crippen LogP contribution in [0.3, 0.4) is 0 Å². The van der Waals surface area contributed by atoms with E-state index >= 15 is 0 Å². The van der Waals surface area contributed by atoms with Crippen LogP contribution in [0.4, 0.5) is 5.69 Å². The van der Waals surface area contributed by atoms with Gasteiger partial charge in [-0.15, -0.1) is 0 Å². The summed E-state index contributed by atoms with van der Waals surface area (Å²) < 4.78 is 24.1. The maximum Gasteiger partial charge on any atom is 0.344 e. The zero-order valence-corrected chi connectivity index (χ0v) is 27.8. The molecule has 2 aliphatic heterocycles. The van der Waals surface area contributed by atoms with E-state index < -0.39 is 11.6 Å². The summed E-state index contributed by atoms with van der Waals surface area (Å²) in [5.74, 6) is 1.51. The Kier molecular flexibility index (Phi) is 8.47. The Bertz CT molecular complexity index is 1660. The number of carbonyl (C=O) groups is 2. The van der Waals surface area contributed by atoms with Crippen molar-refractivity contribution in [3.8, 4) is 28.4 Å². The van der Waals surface area contributed by atoms with Gasteiger partial charge in [-0.05, 0) is 109 Å². The van der Waals surface area contributed by atoms with Crippen molar-refractivity contribution in [1.29, 1.82) is 0 Å². The lowest BCUT2D eigenvalue weighted by molar-refractivity contribution is -0.157. The van der Waals surface area contributed by atoms with Crippen molar-refractivity contribution in [1.82, 2.24) is 0 Å². The molecule has 3 aromatic rings. The molecule has 45 heavy (non-hydrogen) atoms. The maximum atomic E-state index is 12.6. The summed E-state index contributed by atoms with van der Waals surface area (Å²) in [4.78, 5) is 29.5. The zero-order valence-electron chi connectivity index (χ0n) is 27.8. The summed E-state index contributed by atoms with van der Waals surface area (Å²) >= 11 is 0. The van der Waals surface area contributed by atoms with Gasteiger partial charge in [0.05, 0.1) is 17.9 Å². The van der Waals surface area contributed by atoms with E-state index in [1.807, 2.05) is 64.1 Å². The van der Waals surface area contributed by atoms with Gasteiger partial charge in [0.15, 0.2) is 18.1 Å². The molecule has 8 heteroatoms. The highest BCUT2D eigenvalue weighted by Crippen LogP contribution is 2.48. The second-order valence-corrected chi connectivity index (χ2v) is 14.0. The second-order valence-electron chi connectivity index (χ2n) is 14.0. The quantitative estimate of drug-likeness (QED) is 0.268. The van der Waals surface area contributed by atoms with Crippen LogP contribution in [0, 0.1) is 0 Å². The first kappa shape index (κ1) is 32.1. The van der Waals surface area contributed by atoms with E-state index in [0.29, 0.717) is 18.0 Å². The Hall–Kier alpha value is -4.33. The summed E-state index contributed by atoms with van der Waals surface area (Å²) in [7, 11) is 0. The smallest absolute Gasteiger partial charge is 0.344 e. The number of benzene rings is 3. The SMILES string of the molecule is CCOc1cc2c(c3c1OC(C)(C)C3)C(c1ccc(OCC(=O)OC(C)(C)C)c(-c3ccc(NC(C)=O)cc3)c1)=NC(C)(C)C2. The highest BCUT2D eigenvalue weighted by Gasteiger charge is 2.40. The van der Waals surface area contributed by atoms with Gasteiger partial charge < -0.3 is 24.3 Å². The Morgan fingerprint density at radius 1 is 0.933 bits per heavy atom. The first-order chi connectivity index (χ1) is 21.0. The number of hydrogen-bond donors (Lipinski definition) is 1. The molecule has 8 nitrogen and oxygen atoms in total. The fraction of sp³-hybridized carbons (Fsp3) is 0.432. The van der Waals surface area contributed by atoms with E-state index in [9.17, 15) is 9.59 Å². The van der Waals surface area contributed by atoms with Gasteiger partial charge >= 0.3 is 5.97 Å². The van der Waals surface area contributed by atoms with E-state index in [0.717, 1.165) is 57.9 Å². The van der Waals surface area contributed by atoms with Crippen molar-refractivity contribution in [2.45, 2.75) is 91.9 Å². The number of ether oxygens (including phenoxy) is 4. The number of carbonyl (C=O) groups excluding carboxylic acids is 2. The van der Waals surface area contributed by atoms with E-state index in [-0.39, 0.29) is 23.7 Å². The fourth-order valence-corrected chi connectivity index (χ4v) is 6.01. The number of esters is 1. The van der Waals surface area contributed by atoms with Crippen molar-refractivity contribution in [2.24, 2.45) is 4.99 Å². The molecule has 5 rings (SSSR count). The molecule has 1 N–H and O–H groups in total. The van der Waals surface area contributed by atoms with Crippen molar-refractivity contribution in [3.05, 3.63) is 70.8 Å². The first-order valence-corrected chi connectivity index (χ1v) is 15.5. The fourth-order valence-electron chi connectivity index (χ4n) is 6.01.